The number of halogens is 1. The Morgan fingerprint density at radius 3 is 2.75 bits per heavy atom. The van der Waals surface area contributed by atoms with Crippen LogP contribution in [-0.4, -0.2) is 18.7 Å². The van der Waals surface area contributed by atoms with E-state index in [2.05, 4.69) is 5.32 Å². The van der Waals surface area contributed by atoms with E-state index in [9.17, 15) is 9.18 Å². The van der Waals surface area contributed by atoms with Gasteiger partial charge in [-0.05, 0) is 41.5 Å². The maximum Gasteiger partial charge on any atom is 0.251 e. The van der Waals surface area contributed by atoms with Gasteiger partial charge in [-0.25, -0.2) is 4.39 Å². The first-order valence-corrected chi connectivity index (χ1v) is 8.79. The van der Waals surface area contributed by atoms with Gasteiger partial charge in [-0.1, -0.05) is 30.3 Å². The second kappa shape index (κ2) is 7.15. The lowest BCUT2D eigenvalue weighted by Gasteiger charge is -2.13. The van der Waals surface area contributed by atoms with Gasteiger partial charge in [0.15, 0.2) is 11.6 Å². The summed E-state index contributed by atoms with van der Waals surface area (Å²) in [6.07, 6.45) is 1.20. The fourth-order valence-electron chi connectivity index (χ4n) is 3.29. The second-order valence-electron chi connectivity index (χ2n) is 6.56. The van der Waals surface area contributed by atoms with Crippen LogP contribution in [0.2, 0.25) is 0 Å². The van der Waals surface area contributed by atoms with E-state index in [0.29, 0.717) is 22.4 Å². The summed E-state index contributed by atoms with van der Waals surface area (Å²) in [6, 6.07) is 16.9. The molecule has 0 saturated carbocycles. The summed E-state index contributed by atoms with van der Waals surface area (Å²) in [4.78, 5) is 12.7. The van der Waals surface area contributed by atoms with Crippen LogP contribution >= 0.6 is 0 Å². The van der Waals surface area contributed by atoms with Crippen LogP contribution in [0.25, 0.3) is 11.1 Å². The molecule has 4 rings (SSSR count). The average molecular weight is 375 g/mol. The van der Waals surface area contributed by atoms with Crippen molar-refractivity contribution < 1.29 is 13.9 Å². The van der Waals surface area contributed by atoms with E-state index < -0.39 is 11.9 Å². The number of hydrogen-bond donors (Lipinski definition) is 3. The summed E-state index contributed by atoms with van der Waals surface area (Å²) >= 11 is 0. The van der Waals surface area contributed by atoms with E-state index in [-0.39, 0.29) is 18.3 Å². The molecule has 1 unspecified atom stereocenters. The molecule has 1 amide bonds. The summed E-state index contributed by atoms with van der Waals surface area (Å²) in [5.41, 5.74) is 9.81. The molecule has 5 nitrogen and oxygen atoms in total. The number of anilines is 1. The fourth-order valence-corrected chi connectivity index (χ4v) is 3.29. The maximum absolute atomic E-state index is 13.8. The van der Waals surface area contributed by atoms with Gasteiger partial charge < -0.3 is 21.2 Å². The first-order chi connectivity index (χ1) is 13.6. The number of fused-ring (bicyclic) bond motifs is 1. The number of ether oxygens (including phenoxy) is 1. The fraction of sp³-hybridized carbons (Fsp3) is 0.0909. The molecule has 6 heteroatoms. The van der Waals surface area contributed by atoms with Crippen LogP contribution in [0, 0.1) is 11.2 Å². The maximum atomic E-state index is 13.8. The zero-order valence-electron chi connectivity index (χ0n) is 14.9. The average Bonchev–Trinajstić information content (AvgIpc) is 3.12. The van der Waals surface area contributed by atoms with Crippen molar-refractivity contribution in [1.29, 1.82) is 5.41 Å². The van der Waals surface area contributed by atoms with Gasteiger partial charge >= 0.3 is 0 Å². The van der Waals surface area contributed by atoms with E-state index in [4.69, 9.17) is 15.9 Å². The number of para-hydroxylation sites is 1. The summed E-state index contributed by atoms with van der Waals surface area (Å²) in [5.74, 6) is -0.500. The van der Waals surface area contributed by atoms with Gasteiger partial charge in [0.1, 0.15) is 6.61 Å². The summed E-state index contributed by atoms with van der Waals surface area (Å²) < 4.78 is 19.2. The number of nitrogen functional groups attached to an aromatic ring is 1. The number of rotatable bonds is 4. The molecular formula is C22H18FN3O2. The molecule has 0 radical (unpaired) electrons. The quantitative estimate of drug-likeness (QED) is 0.477. The van der Waals surface area contributed by atoms with E-state index in [1.54, 1.807) is 36.4 Å². The minimum atomic E-state index is -0.429. The highest BCUT2D eigenvalue weighted by Gasteiger charge is 2.28. The minimum absolute atomic E-state index is 0.197. The smallest absolute Gasteiger partial charge is 0.251 e. The number of nitrogens with two attached hydrogens (primary N) is 1. The van der Waals surface area contributed by atoms with Crippen LogP contribution in [0.4, 0.5) is 10.1 Å². The van der Waals surface area contributed by atoms with Crippen molar-refractivity contribution in [3.63, 3.8) is 0 Å². The lowest BCUT2D eigenvalue weighted by Crippen LogP contribution is -2.29. The molecule has 0 fully saturated rings. The molecule has 1 atom stereocenters. The lowest BCUT2D eigenvalue weighted by atomic mass is 10.00. The largest absolute Gasteiger partial charge is 0.488 e. The number of amides is 1. The summed E-state index contributed by atoms with van der Waals surface area (Å²) in [7, 11) is 0. The zero-order valence-corrected chi connectivity index (χ0v) is 14.9. The highest BCUT2D eigenvalue weighted by molar-refractivity contribution is 5.96. The number of carbonyl (C=O) groups is 1. The Morgan fingerprint density at radius 2 is 1.93 bits per heavy atom. The number of hydrogen-bond acceptors (Lipinski definition) is 4. The van der Waals surface area contributed by atoms with Crippen molar-refractivity contribution in [2.75, 3.05) is 12.3 Å². The minimum Gasteiger partial charge on any atom is -0.488 e. The third kappa shape index (κ3) is 3.20. The SMILES string of the molecule is N=Cc1cc(-c2cccc(C(=O)NC3COc4c(F)cccc43)c2)ccc1N. The summed E-state index contributed by atoms with van der Waals surface area (Å²) in [5, 5.41) is 10.3. The molecule has 1 heterocycles. The van der Waals surface area contributed by atoms with Crippen molar-refractivity contribution in [3.8, 4) is 16.9 Å². The predicted molar refractivity (Wildman–Crippen MR) is 106 cm³/mol. The Hall–Kier alpha value is -3.67. The Balaban J connectivity index is 1.58. The molecule has 140 valence electrons. The van der Waals surface area contributed by atoms with Gasteiger partial charge in [0, 0.05) is 28.6 Å². The van der Waals surface area contributed by atoms with Crippen molar-refractivity contribution in [3.05, 3.63) is 83.2 Å². The van der Waals surface area contributed by atoms with Crippen molar-refractivity contribution in [2.24, 2.45) is 0 Å². The summed E-state index contributed by atoms with van der Waals surface area (Å²) in [6.45, 7) is 0.197. The molecule has 4 N–H and O–H groups in total. The van der Waals surface area contributed by atoms with Crippen LogP contribution in [-0.2, 0) is 0 Å². The van der Waals surface area contributed by atoms with Crippen molar-refractivity contribution >= 4 is 17.8 Å². The molecule has 3 aromatic carbocycles. The predicted octanol–water partition coefficient (Wildman–Crippen LogP) is 3.94. The van der Waals surface area contributed by atoms with E-state index in [1.807, 2.05) is 18.2 Å². The third-order valence-corrected chi connectivity index (χ3v) is 4.77. The van der Waals surface area contributed by atoms with Crippen LogP contribution in [0.1, 0.15) is 27.5 Å². The van der Waals surface area contributed by atoms with Crippen LogP contribution in [0.15, 0.2) is 60.7 Å². The molecule has 0 aromatic heterocycles. The van der Waals surface area contributed by atoms with E-state index >= 15 is 0 Å². The molecule has 0 saturated heterocycles. The van der Waals surface area contributed by atoms with Gasteiger partial charge in [-0.3, -0.25) is 4.79 Å². The Labute approximate surface area is 161 Å². The Bertz CT molecular complexity index is 1080. The van der Waals surface area contributed by atoms with Gasteiger partial charge in [0.2, 0.25) is 0 Å². The van der Waals surface area contributed by atoms with Crippen LogP contribution in [0.5, 0.6) is 5.75 Å². The van der Waals surface area contributed by atoms with Crippen molar-refractivity contribution in [1.82, 2.24) is 5.32 Å². The number of nitrogens with one attached hydrogen (secondary N) is 2. The third-order valence-electron chi connectivity index (χ3n) is 4.77. The van der Waals surface area contributed by atoms with Gasteiger partial charge in [0.05, 0.1) is 6.04 Å². The topological polar surface area (TPSA) is 88.2 Å². The van der Waals surface area contributed by atoms with Crippen LogP contribution < -0.4 is 15.8 Å². The highest BCUT2D eigenvalue weighted by Crippen LogP contribution is 2.34. The van der Waals surface area contributed by atoms with Crippen molar-refractivity contribution in [2.45, 2.75) is 6.04 Å². The van der Waals surface area contributed by atoms with Gasteiger partial charge in [0.25, 0.3) is 5.91 Å². The molecule has 3 aromatic rings. The lowest BCUT2D eigenvalue weighted by molar-refractivity contribution is 0.0930. The molecule has 0 aliphatic carbocycles. The van der Waals surface area contributed by atoms with Gasteiger partial charge in [-0.15, -0.1) is 0 Å². The molecular weight excluding hydrogens is 357 g/mol. The first kappa shape index (κ1) is 17.7. The normalized spacial score (nSPS) is 14.8. The number of carbonyl (C=O) groups excluding carboxylic acids is 1. The second-order valence-corrected chi connectivity index (χ2v) is 6.56. The van der Waals surface area contributed by atoms with Crippen LogP contribution in [0.3, 0.4) is 0 Å². The monoisotopic (exact) mass is 375 g/mol. The molecule has 28 heavy (non-hydrogen) atoms. The Kier molecular flexibility index (Phi) is 4.53. The standard InChI is InChI=1S/C22H18FN3O2/c23-18-6-2-5-17-20(12-28-21(17)18)26-22(27)15-4-1-3-13(9-15)14-7-8-19(25)16(10-14)11-24/h1-11,20,24H,12,25H2,(H,26,27). The molecule has 1 aliphatic rings. The zero-order chi connectivity index (χ0) is 19.7. The molecule has 0 bridgehead atoms. The number of benzene rings is 3. The highest BCUT2D eigenvalue weighted by atomic mass is 19.1. The van der Waals surface area contributed by atoms with Gasteiger partial charge in [-0.2, -0.15) is 0 Å². The first-order valence-electron chi connectivity index (χ1n) is 8.79. The van der Waals surface area contributed by atoms with E-state index in [1.165, 1.54) is 12.3 Å². The van der Waals surface area contributed by atoms with E-state index in [0.717, 1.165) is 11.1 Å². The molecule has 0 spiro atoms. The Morgan fingerprint density at radius 1 is 1.14 bits per heavy atom. The molecule has 1 aliphatic heterocycles.